The highest BCUT2D eigenvalue weighted by atomic mass is 14.4. The van der Waals surface area contributed by atoms with E-state index >= 15 is 0 Å². The summed E-state index contributed by atoms with van der Waals surface area (Å²) in [5.41, 5.74) is 11.4. The number of fused-ring (bicyclic) bond motifs is 2. The second-order valence-corrected chi connectivity index (χ2v) is 11.1. The highest BCUT2D eigenvalue weighted by Gasteiger charge is 2.36. The average Bonchev–Trinajstić information content (AvgIpc) is 3.15. The van der Waals surface area contributed by atoms with Crippen LogP contribution in [0, 0.1) is 11.8 Å². The monoisotopic (exact) mass is 360 g/mol. The second kappa shape index (κ2) is 6.23. The van der Waals surface area contributed by atoms with Gasteiger partial charge in [0.1, 0.15) is 0 Å². The van der Waals surface area contributed by atoms with E-state index in [1.165, 1.54) is 42.4 Å². The zero-order valence-electron chi connectivity index (χ0n) is 18.4. The van der Waals surface area contributed by atoms with Gasteiger partial charge in [0, 0.05) is 5.92 Å². The Labute approximate surface area is 166 Å². The molecule has 0 spiro atoms. The van der Waals surface area contributed by atoms with Crippen molar-refractivity contribution in [2.24, 2.45) is 11.8 Å². The fraction of sp³-hybridized carbons (Fsp3) is 0.556. The summed E-state index contributed by atoms with van der Waals surface area (Å²) in [6, 6.07) is 7.48. The summed E-state index contributed by atoms with van der Waals surface area (Å²) in [5.74, 6) is 1.28. The van der Waals surface area contributed by atoms with Crippen LogP contribution >= 0.6 is 0 Å². The van der Waals surface area contributed by atoms with Gasteiger partial charge in [0.15, 0.2) is 0 Å². The van der Waals surface area contributed by atoms with Crippen molar-refractivity contribution >= 4 is 5.57 Å². The SMILES string of the molecule is CC1=CC2C(c3cc(C(C)(C)C)cc(C(C)(C)C)c3)=C3CCCC3=CC2C1. The third-order valence-electron chi connectivity index (χ3n) is 6.79. The first-order chi connectivity index (χ1) is 12.5. The molecule has 0 bridgehead atoms. The number of allylic oxidation sites excluding steroid dienone is 6. The summed E-state index contributed by atoms with van der Waals surface area (Å²) in [6.07, 6.45) is 10.3. The van der Waals surface area contributed by atoms with E-state index in [4.69, 9.17) is 0 Å². The van der Waals surface area contributed by atoms with Crippen LogP contribution in [0.2, 0.25) is 0 Å². The average molecular weight is 361 g/mol. The quantitative estimate of drug-likeness (QED) is 0.449. The van der Waals surface area contributed by atoms with Crippen LogP contribution in [-0.4, -0.2) is 0 Å². The van der Waals surface area contributed by atoms with Crippen LogP contribution in [0.15, 0.2) is 47.1 Å². The van der Waals surface area contributed by atoms with Gasteiger partial charge in [-0.3, -0.25) is 0 Å². The lowest BCUT2D eigenvalue weighted by Crippen LogP contribution is -2.19. The largest absolute Gasteiger partial charge is 0.0774 e. The van der Waals surface area contributed by atoms with Gasteiger partial charge in [-0.1, -0.05) is 77.5 Å². The molecular weight excluding hydrogens is 324 g/mol. The number of hydrogen-bond donors (Lipinski definition) is 0. The highest BCUT2D eigenvalue weighted by Crippen LogP contribution is 2.51. The molecule has 4 rings (SSSR count). The van der Waals surface area contributed by atoms with Crippen molar-refractivity contribution in [2.45, 2.75) is 85.0 Å². The molecule has 2 unspecified atom stereocenters. The summed E-state index contributed by atoms with van der Waals surface area (Å²) in [7, 11) is 0. The van der Waals surface area contributed by atoms with Gasteiger partial charge in [0.05, 0.1) is 0 Å². The maximum Gasteiger partial charge on any atom is 0.00954 e. The van der Waals surface area contributed by atoms with Crippen LogP contribution in [0.1, 0.15) is 90.8 Å². The van der Waals surface area contributed by atoms with E-state index in [1.54, 1.807) is 22.3 Å². The van der Waals surface area contributed by atoms with Gasteiger partial charge in [0.25, 0.3) is 0 Å². The van der Waals surface area contributed by atoms with Crippen LogP contribution in [0.25, 0.3) is 5.57 Å². The van der Waals surface area contributed by atoms with E-state index in [0.29, 0.717) is 11.8 Å². The van der Waals surface area contributed by atoms with Gasteiger partial charge in [-0.25, -0.2) is 0 Å². The molecule has 0 amide bonds. The van der Waals surface area contributed by atoms with Gasteiger partial charge >= 0.3 is 0 Å². The topological polar surface area (TPSA) is 0 Å². The van der Waals surface area contributed by atoms with Crippen LogP contribution in [0.3, 0.4) is 0 Å². The molecule has 0 aromatic heterocycles. The van der Waals surface area contributed by atoms with Gasteiger partial charge in [-0.15, -0.1) is 0 Å². The van der Waals surface area contributed by atoms with E-state index in [1.807, 2.05) is 0 Å². The minimum absolute atomic E-state index is 0.172. The Bertz CT molecular complexity index is 826. The van der Waals surface area contributed by atoms with Crippen molar-refractivity contribution < 1.29 is 0 Å². The molecule has 0 heterocycles. The molecule has 3 aliphatic carbocycles. The summed E-state index contributed by atoms with van der Waals surface area (Å²) in [6.45, 7) is 16.4. The minimum Gasteiger partial charge on any atom is -0.0774 e. The normalized spacial score (nSPS) is 25.3. The first kappa shape index (κ1) is 18.8. The smallest absolute Gasteiger partial charge is 0.00954 e. The first-order valence-corrected chi connectivity index (χ1v) is 10.8. The highest BCUT2D eigenvalue weighted by molar-refractivity contribution is 5.79. The fourth-order valence-electron chi connectivity index (χ4n) is 5.19. The third-order valence-corrected chi connectivity index (χ3v) is 6.79. The molecular formula is C27H36. The number of rotatable bonds is 1. The first-order valence-electron chi connectivity index (χ1n) is 10.8. The van der Waals surface area contributed by atoms with Crippen molar-refractivity contribution in [1.29, 1.82) is 0 Å². The molecule has 0 saturated heterocycles. The molecule has 1 fully saturated rings. The zero-order valence-corrected chi connectivity index (χ0v) is 18.4. The van der Waals surface area contributed by atoms with Gasteiger partial charge in [-0.05, 0) is 82.8 Å². The molecule has 0 heteroatoms. The molecule has 2 atom stereocenters. The maximum atomic E-state index is 2.63. The maximum absolute atomic E-state index is 2.63. The summed E-state index contributed by atoms with van der Waals surface area (Å²) >= 11 is 0. The van der Waals surface area contributed by atoms with E-state index in [-0.39, 0.29) is 10.8 Å². The molecule has 1 saturated carbocycles. The molecule has 27 heavy (non-hydrogen) atoms. The van der Waals surface area contributed by atoms with Crippen LogP contribution < -0.4 is 0 Å². The number of benzene rings is 1. The Morgan fingerprint density at radius 1 is 0.815 bits per heavy atom. The van der Waals surface area contributed by atoms with Crippen molar-refractivity contribution in [3.05, 3.63) is 63.8 Å². The molecule has 0 aliphatic heterocycles. The Morgan fingerprint density at radius 2 is 1.44 bits per heavy atom. The van der Waals surface area contributed by atoms with Crippen LogP contribution in [0.5, 0.6) is 0 Å². The Kier molecular flexibility index (Phi) is 4.33. The predicted octanol–water partition coefficient (Wildman–Crippen LogP) is 7.74. The number of hydrogen-bond acceptors (Lipinski definition) is 0. The zero-order chi connectivity index (χ0) is 19.6. The lowest BCUT2D eigenvalue weighted by Gasteiger charge is -2.31. The summed E-state index contributed by atoms with van der Waals surface area (Å²) in [4.78, 5) is 0. The molecule has 1 aromatic rings. The van der Waals surface area contributed by atoms with Crippen molar-refractivity contribution in [1.82, 2.24) is 0 Å². The third kappa shape index (κ3) is 3.37. The Hall–Kier alpha value is -1.56. The van der Waals surface area contributed by atoms with Crippen LogP contribution in [-0.2, 0) is 10.8 Å². The fourth-order valence-corrected chi connectivity index (χ4v) is 5.19. The molecule has 144 valence electrons. The lowest BCUT2D eigenvalue weighted by atomic mass is 9.73. The Morgan fingerprint density at radius 3 is 2.04 bits per heavy atom. The van der Waals surface area contributed by atoms with Crippen molar-refractivity contribution in [2.75, 3.05) is 0 Å². The standard InChI is InChI=1S/C27H36/c1-17-11-19-13-18-9-8-10-23(18)25(24(19)12-17)20-14-21(26(2,3)4)16-22(15-20)27(5,6)7/h12-16,19,24H,8-11H2,1-7H3. The van der Waals surface area contributed by atoms with Gasteiger partial charge in [0.2, 0.25) is 0 Å². The summed E-state index contributed by atoms with van der Waals surface area (Å²) in [5, 5.41) is 0. The van der Waals surface area contributed by atoms with E-state index in [0.717, 1.165) is 0 Å². The lowest BCUT2D eigenvalue weighted by molar-refractivity contribution is 0.566. The van der Waals surface area contributed by atoms with Gasteiger partial charge in [-0.2, -0.15) is 0 Å². The molecule has 0 radical (unpaired) electrons. The predicted molar refractivity (Wildman–Crippen MR) is 118 cm³/mol. The van der Waals surface area contributed by atoms with Crippen molar-refractivity contribution in [3.8, 4) is 0 Å². The molecule has 1 aromatic carbocycles. The van der Waals surface area contributed by atoms with E-state index in [9.17, 15) is 0 Å². The minimum atomic E-state index is 0.172. The Balaban J connectivity index is 1.94. The van der Waals surface area contributed by atoms with E-state index in [2.05, 4.69) is 78.8 Å². The molecule has 0 nitrogen and oxygen atoms in total. The molecule has 3 aliphatic rings. The van der Waals surface area contributed by atoms with E-state index < -0.39 is 0 Å². The van der Waals surface area contributed by atoms with Gasteiger partial charge < -0.3 is 0 Å². The second-order valence-electron chi connectivity index (χ2n) is 11.1. The summed E-state index contributed by atoms with van der Waals surface area (Å²) < 4.78 is 0. The molecule has 0 N–H and O–H groups in total. The van der Waals surface area contributed by atoms with Crippen LogP contribution in [0.4, 0.5) is 0 Å². The van der Waals surface area contributed by atoms with Crippen molar-refractivity contribution in [3.63, 3.8) is 0 Å².